The van der Waals surface area contributed by atoms with Crippen LogP contribution in [0.1, 0.15) is 121 Å². The molecule has 2 atom stereocenters. The molecule has 358 valence electrons. The standard InChI is InChI=1S/C63H63N3.2C2H6/c1-7-21-47-22-12-13-23-48(47)37-38-49-28-19-35-60(54-30-18-29-53(41-54)59-34-20-31-55-42-52-27-15-17-33-58(52)61(55)59)62(49)66(6)45(5)65-63(50-24-10-9-11-25-50)64-44(4)43(3)36-39-57-46(8-2)40-51-26-14-16-32-56(51)57;2*1-2/h9-11,13-21,23-37,39,41,43-44H,7-8,12,22,38,40,42H2,1-6H3;2*1-2H3/b39-36-,47-21-,48-37-,64-63?,65-45?;;. The summed E-state index contributed by atoms with van der Waals surface area (Å²) in [6.07, 6.45) is 21.3. The van der Waals surface area contributed by atoms with Gasteiger partial charge < -0.3 is 4.90 Å². The minimum atomic E-state index is -0.00170. The lowest BCUT2D eigenvalue weighted by Crippen LogP contribution is -2.27. The first-order chi connectivity index (χ1) is 34.3. The first-order valence-electron chi connectivity index (χ1n) is 26.2. The first kappa shape index (κ1) is 51.0. The second kappa shape index (κ2) is 24.6. The highest BCUT2D eigenvalue weighted by molar-refractivity contribution is 6.11. The molecule has 6 aromatic carbocycles. The van der Waals surface area contributed by atoms with Crippen LogP contribution in [0.3, 0.4) is 0 Å². The highest BCUT2D eigenvalue weighted by atomic mass is 15.2. The Morgan fingerprint density at radius 1 is 0.671 bits per heavy atom. The van der Waals surface area contributed by atoms with Gasteiger partial charge in [0.1, 0.15) is 5.84 Å². The van der Waals surface area contributed by atoms with Crippen LogP contribution < -0.4 is 4.90 Å². The number of amidine groups is 2. The molecule has 0 radical (unpaired) electrons. The molecule has 0 fully saturated rings. The maximum absolute atomic E-state index is 5.45. The zero-order valence-electron chi connectivity index (χ0n) is 43.7. The molecule has 0 spiro atoms. The second-order valence-electron chi connectivity index (χ2n) is 18.2. The first-order valence-corrected chi connectivity index (χ1v) is 26.2. The van der Waals surface area contributed by atoms with Gasteiger partial charge >= 0.3 is 0 Å². The third-order valence-electron chi connectivity index (χ3n) is 14.0. The Bertz CT molecular complexity index is 2970. The number of para-hydroxylation sites is 1. The van der Waals surface area contributed by atoms with Crippen LogP contribution in [0.4, 0.5) is 5.69 Å². The quantitative estimate of drug-likeness (QED) is 0.0886. The molecule has 6 aromatic rings. The van der Waals surface area contributed by atoms with Crippen molar-refractivity contribution in [3.63, 3.8) is 0 Å². The molecule has 0 saturated carbocycles. The van der Waals surface area contributed by atoms with Crippen LogP contribution in [0.5, 0.6) is 0 Å². The van der Waals surface area contributed by atoms with Crippen LogP contribution in [0, 0.1) is 5.92 Å². The van der Waals surface area contributed by atoms with Crippen LogP contribution in [-0.2, 0) is 19.3 Å². The van der Waals surface area contributed by atoms with E-state index < -0.39 is 0 Å². The smallest absolute Gasteiger partial charge is 0.156 e. The summed E-state index contributed by atoms with van der Waals surface area (Å²) in [5.74, 6) is 1.82. The Hall–Kier alpha value is -6.84. The van der Waals surface area contributed by atoms with E-state index in [-0.39, 0.29) is 12.0 Å². The summed E-state index contributed by atoms with van der Waals surface area (Å²) in [4.78, 5) is 13.2. The fourth-order valence-electron chi connectivity index (χ4n) is 10.1. The predicted molar refractivity (Wildman–Crippen MR) is 306 cm³/mol. The summed E-state index contributed by atoms with van der Waals surface area (Å²) in [6.45, 7) is 19.1. The van der Waals surface area contributed by atoms with E-state index in [1.165, 1.54) is 83.5 Å². The summed E-state index contributed by atoms with van der Waals surface area (Å²) in [7, 11) is 2.18. The Kier molecular flexibility index (Phi) is 18.0. The minimum Gasteiger partial charge on any atom is -0.332 e. The van der Waals surface area contributed by atoms with Gasteiger partial charge in [0.25, 0.3) is 0 Å². The summed E-state index contributed by atoms with van der Waals surface area (Å²) in [5.41, 5.74) is 22.3. The van der Waals surface area contributed by atoms with Crippen molar-refractivity contribution in [2.75, 3.05) is 11.9 Å². The molecule has 3 aliphatic carbocycles. The molecule has 2 unspecified atom stereocenters. The van der Waals surface area contributed by atoms with E-state index in [0.717, 1.165) is 67.9 Å². The topological polar surface area (TPSA) is 28.0 Å². The third kappa shape index (κ3) is 11.4. The number of rotatable bonds is 12. The van der Waals surface area contributed by atoms with Crippen molar-refractivity contribution in [1.29, 1.82) is 0 Å². The van der Waals surface area contributed by atoms with Gasteiger partial charge in [-0.15, -0.1) is 0 Å². The van der Waals surface area contributed by atoms with Crippen LogP contribution in [0.2, 0.25) is 0 Å². The van der Waals surface area contributed by atoms with E-state index in [1.54, 1.807) is 0 Å². The molecular formula is C67H75N3. The number of allylic oxidation sites excluding steroid dienone is 9. The van der Waals surface area contributed by atoms with Gasteiger partial charge in [-0.25, -0.2) is 4.99 Å². The summed E-state index contributed by atoms with van der Waals surface area (Å²) >= 11 is 0. The number of aliphatic imine (C=N–C) groups is 2. The maximum atomic E-state index is 5.45. The summed E-state index contributed by atoms with van der Waals surface area (Å²) in [5, 5.41) is 0. The van der Waals surface area contributed by atoms with Crippen molar-refractivity contribution in [2.45, 2.75) is 113 Å². The molecule has 3 aliphatic rings. The average molecular weight is 922 g/mol. The number of hydrogen-bond acceptors (Lipinski definition) is 1. The molecule has 3 heteroatoms. The Balaban J connectivity index is 0.00000176. The zero-order valence-corrected chi connectivity index (χ0v) is 43.7. The van der Waals surface area contributed by atoms with Crippen LogP contribution in [0.25, 0.3) is 39.0 Å². The van der Waals surface area contributed by atoms with E-state index in [0.29, 0.717) is 0 Å². The number of anilines is 1. The number of nitrogens with zero attached hydrogens (tertiary/aromatic N) is 3. The lowest BCUT2D eigenvalue weighted by molar-refractivity contribution is 0.584. The Labute approximate surface area is 421 Å². The molecule has 0 N–H and O–H groups in total. The molecule has 0 aliphatic heterocycles. The van der Waals surface area contributed by atoms with Gasteiger partial charge in [0.2, 0.25) is 0 Å². The molecule has 0 bridgehead atoms. The molecular weight excluding hydrogens is 847 g/mol. The van der Waals surface area contributed by atoms with E-state index in [2.05, 4.69) is 223 Å². The van der Waals surface area contributed by atoms with Crippen molar-refractivity contribution in [2.24, 2.45) is 15.9 Å². The molecule has 70 heavy (non-hydrogen) atoms. The molecule has 3 nitrogen and oxygen atoms in total. The lowest BCUT2D eigenvalue weighted by atomic mass is 9.90. The fraction of sp³-hybridized carbons (Fsp3) is 0.284. The lowest BCUT2D eigenvalue weighted by Gasteiger charge is -2.26. The number of benzene rings is 6. The van der Waals surface area contributed by atoms with Crippen molar-refractivity contribution < 1.29 is 0 Å². The fourth-order valence-corrected chi connectivity index (χ4v) is 10.1. The van der Waals surface area contributed by atoms with Crippen LogP contribution in [-0.4, -0.2) is 24.8 Å². The summed E-state index contributed by atoms with van der Waals surface area (Å²) in [6, 6.07) is 51.0. The van der Waals surface area contributed by atoms with Gasteiger partial charge in [-0.3, -0.25) is 4.99 Å². The van der Waals surface area contributed by atoms with E-state index in [9.17, 15) is 0 Å². The predicted octanol–water partition coefficient (Wildman–Crippen LogP) is 18.1. The van der Waals surface area contributed by atoms with E-state index >= 15 is 0 Å². The highest BCUT2D eigenvalue weighted by Gasteiger charge is 2.24. The van der Waals surface area contributed by atoms with Gasteiger partial charge in [-0.2, -0.15) is 0 Å². The van der Waals surface area contributed by atoms with Gasteiger partial charge in [0.05, 0.1) is 11.7 Å². The largest absolute Gasteiger partial charge is 0.332 e. The Morgan fingerprint density at radius 2 is 1.30 bits per heavy atom. The van der Waals surface area contributed by atoms with Crippen molar-refractivity contribution >= 4 is 22.9 Å². The molecule has 0 heterocycles. The molecule has 0 aromatic heterocycles. The number of hydrogen-bond donors (Lipinski definition) is 0. The van der Waals surface area contributed by atoms with Crippen molar-refractivity contribution in [3.8, 4) is 33.4 Å². The SMILES string of the molecule is CC.CC.CC/C=C1/CCC=C/C1=C/Cc1cccc(-c2cccc(-c3cccc4c3-c3ccccc3C4)c2)c1N(C)C(C)=NC(=NC(C)C(C)/C=C\C1=C(CC)Cc2ccccc21)c1ccccc1. The zero-order chi connectivity index (χ0) is 49.6. The third-order valence-corrected chi connectivity index (χ3v) is 14.0. The Morgan fingerprint density at radius 3 is 2.04 bits per heavy atom. The van der Waals surface area contributed by atoms with E-state index in [4.69, 9.17) is 9.98 Å². The number of fused-ring (bicyclic) bond motifs is 4. The van der Waals surface area contributed by atoms with Gasteiger partial charge in [0.15, 0.2) is 5.84 Å². The average Bonchev–Trinajstić information content (AvgIpc) is 3.99. The minimum absolute atomic E-state index is 0.00170. The summed E-state index contributed by atoms with van der Waals surface area (Å²) < 4.78 is 0. The molecule has 0 saturated heterocycles. The van der Waals surface area contributed by atoms with E-state index in [1.807, 2.05) is 27.7 Å². The van der Waals surface area contributed by atoms with Crippen molar-refractivity contribution in [1.82, 2.24) is 0 Å². The molecule has 0 amide bonds. The van der Waals surface area contributed by atoms with Gasteiger partial charge in [-0.1, -0.05) is 224 Å². The monoisotopic (exact) mass is 922 g/mol. The van der Waals surface area contributed by atoms with Crippen LogP contribution in [0.15, 0.2) is 203 Å². The van der Waals surface area contributed by atoms with Gasteiger partial charge in [-0.05, 0) is 143 Å². The maximum Gasteiger partial charge on any atom is 0.156 e. The van der Waals surface area contributed by atoms with Crippen LogP contribution >= 0.6 is 0 Å². The second-order valence-corrected chi connectivity index (χ2v) is 18.2. The van der Waals surface area contributed by atoms with Crippen molar-refractivity contribution in [3.05, 3.63) is 226 Å². The van der Waals surface area contributed by atoms with Gasteiger partial charge in [0, 0.05) is 18.2 Å². The molecule has 9 rings (SSSR count). The normalized spacial score (nSPS) is 16.0. The highest BCUT2D eigenvalue weighted by Crippen LogP contribution is 2.44.